The van der Waals surface area contributed by atoms with Crippen molar-refractivity contribution in [1.82, 2.24) is 10.2 Å². The molecule has 1 saturated heterocycles. The number of carbonyl (C=O) groups is 2. The minimum Gasteiger partial charge on any atom is -0.444 e. The van der Waals surface area contributed by atoms with E-state index < -0.39 is 22.7 Å². The lowest BCUT2D eigenvalue weighted by Crippen LogP contribution is -2.47. The summed E-state index contributed by atoms with van der Waals surface area (Å²) in [6, 6.07) is 4.39. The number of nitrogens with two attached hydrogens (primary N) is 1. The van der Waals surface area contributed by atoms with E-state index in [0.29, 0.717) is 44.6 Å². The van der Waals surface area contributed by atoms with Crippen molar-refractivity contribution in [3.8, 4) is 0 Å². The highest BCUT2D eigenvalue weighted by molar-refractivity contribution is 5.96. The number of piperidine rings is 1. The smallest absolute Gasteiger partial charge is 0.407 e. The summed E-state index contributed by atoms with van der Waals surface area (Å²) in [5.74, 6) is -0.323. The third-order valence-electron chi connectivity index (χ3n) is 4.55. The van der Waals surface area contributed by atoms with Crippen LogP contribution in [0, 0.1) is 10.1 Å². The molecular formula is C20H31N5O5. The van der Waals surface area contributed by atoms with Gasteiger partial charge in [-0.2, -0.15) is 0 Å². The van der Waals surface area contributed by atoms with E-state index in [-0.39, 0.29) is 23.7 Å². The van der Waals surface area contributed by atoms with Gasteiger partial charge in [0.1, 0.15) is 11.8 Å². The fourth-order valence-corrected chi connectivity index (χ4v) is 3.18. The van der Waals surface area contributed by atoms with Crippen LogP contribution in [0.5, 0.6) is 0 Å². The fourth-order valence-electron chi connectivity index (χ4n) is 3.18. The van der Waals surface area contributed by atoms with Crippen LogP contribution >= 0.6 is 0 Å². The number of nitrogens with zero attached hydrogens (tertiary/aromatic N) is 2. The van der Waals surface area contributed by atoms with Gasteiger partial charge in [-0.05, 0) is 58.7 Å². The number of anilines is 1. The molecule has 1 atom stereocenters. The number of ether oxygens (including phenoxy) is 1. The van der Waals surface area contributed by atoms with Crippen LogP contribution in [0.3, 0.4) is 0 Å². The number of hydrogen-bond donors (Lipinski definition) is 3. The van der Waals surface area contributed by atoms with Crippen LogP contribution in [0.1, 0.15) is 50.4 Å². The molecule has 10 nitrogen and oxygen atoms in total. The number of amides is 2. The van der Waals surface area contributed by atoms with E-state index in [0.717, 1.165) is 0 Å². The van der Waals surface area contributed by atoms with Crippen molar-refractivity contribution >= 4 is 23.4 Å². The third-order valence-corrected chi connectivity index (χ3v) is 4.55. The number of carbonyl (C=O) groups excluding carboxylic acids is 2. The second-order valence-corrected chi connectivity index (χ2v) is 8.35. The molecule has 0 aromatic heterocycles. The maximum atomic E-state index is 12.9. The van der Waals surface area contributed by atoms with Crippen molar-refractivity contribution < 1.29 is 19.2 Å². The molecule has 1 heterocycles. The molecule has 0 unspecified atom stereocenters. The van der Waals surface area contributed by atoms with E-state index in [1.165, 1.54) is 12.1 Å². The second-order valence-electron chi connectivity index (χ2n) is 8.35. The van der Waals surface area contributed by atoms with Crippen LogP contribution in [-0.2, 0) is 4.74 Å². The number of rotatable bonds is 7. The summed E-state index contributed by atoms with van der Waals surface area (Å²) in [4.78, 5) is 37.4. The first-order valence-electron chi connectivity index (χ1n) is 10.1. The molecular weight excluding hydrogens is 390 g/mol. The van der Waals surface area contributed by atoms with Gasteiger partial charge in [0, 0.05) is 30.3 Å². The standard InChI is InChI=1S/C20H31N5O5/c1-20(2,3)23-19(27)30-15-6-4-11-24(13-15)18(26)14-7-8-16(22-10-5-9-21)17(12-14)25(28)29/h7-8,12,15,22H,4-6,9-11,13,21H2,1-3H3,(H,23,27)/t15-/m1/s1. The number of nitrogens with one attached hydrogen (secondary N) is 2. The lowest BCUT2D eigenvalue weighted by atomic mass is 10.1. The van der Waals surface area contributed by atoms with E-state index in [4.69, 9.17) is 10.5 Å². The van der Waals surface area contributed by atoms with E-state index in [1.807, 2.05) is 20.8 Å². The first kappa shape index (κ1) is 23.4. The van der Waals surface area contributed by atoms with Crippen LogP contribution in [-0.4, -0.2) is 59.6 Å². The molecule has 0 saturated carbocycles. The van der Waals surface area contributed by atoms with Crippen molar-refractivity contribution in [3.63, 3.8) is 0 Å². The second kappa shape index (κ2) is 10.2. The maximum Gasteiger partial charge on any atom is 0.407 e. The van der Waals surface area contributed by atoms with Crippen LogP contribution in [0.4, 0.5) is 16.2 Å². The summed E-state index contributed by atoms with van der Waals surface area (Å²) in [5.41, 5.74) is 5.45. The molecule has 0 bridgehead atoms. The first-order chi connectivity index (χ1) is 14.1. The van der Waals surface area contributed by atoms with Crippen LogP contribution < -0.4 is 16.4 Å². The Balaban J connectivity index is 2.06. The van der Waals surface area contributed by atoms with Crippen LogP contribution in [0.15, 0.2) is 18.2 Å². The summed E-state index contributed by atoms with van der Waals surface area (Å²) in [6.45, 7) is 7.30. The normalized spacial score (nSPS) is 16.7. The Morgan fingerprint density at radius 3 is 2.73 bits per heavy atom. The maximum absolute atomic E-state index is 12.9. The van der Waals surface area contributed by atoms with Crippen LogP contribution in [0.25, 0.3) is 0 Å². The molecule has 1 aromatic carbocycles. The number of alkyl carbamates (subject to hydrolysis) is 1. The van der Waals surface area contributed by atoms with E-state index >= 15 is 0 Å². The quantitative estimate of drug-likeness (QED) is 0.349. The molecule has 2 amide bonds. The predicted octanol–water partition coefficient (Wildman–Crippen LogP) is 2.48. The van der Waals surface area contributed by atoms with E-state index in [2.05, 4.69) is 10.6 Å². The van der Waals surface area contributed by atoms with E-state index in [9.17, 15) is 19.7 Å². The molecule has 30 heavy (non-hydrogen) atoms. The Kier molecular flexibility index (Phi) is 7.99. The lowest BCUT2D eigenvalue weighted by molar-refractivity contribution is -0.384. The van der Waals surface area contributed by atoms with Gasteiger partial charge in [0.25, 0.3) is 11.6 Å². The summed E-state index contributed by atoms with van der Waals surface area (Å²) in [5, 5.41) is 17.2. The zero-order valence-corrected chi connectivity index (χ0v) is 17.8. The summed E-state index contributed by atoms with van der Waals surface area (Å²) in [6.07, 6.45) is 1.07. The molecule has 0 radical (unpaired) electrons. The van der Waals surface area contributed by atoms with Gasteiger partial charge in [0.15, 0.2) is 0 Å². The van der Waals surface area contributed by atoms with Gasteiger partial charge in [-0.15, -0.1) is 0 Å². The Morgan fingerprint density at radius 2 is 2.10 bits per heavy atom. The Morgan fingerprint density at radius 1 is 1.37 bits per heavy atom. The van der Waals surface area contributed by atoms with Gasteiger partial charge in [0.05, 0.1) is 11.5 Å². The highest BCUT2D eigenvalue weighted by Crippen LogP contribution is 2.27. The minimum absolute atomic E-state index is 0.160. The highest BCUT2D eigenvalue weighted by atomic mass is 16.6. The largest absolute Gasteiger partial charge is 0.444 e. The summed E-state index contributed by atoms with van der Waals surface area (Å²) < 4.78 is 5.45. The molecule has 2 rings (SSSR count). The number of likely N-dealkylation sites (tertiary alicyclic amines) is 1. The van der Waals surface area contributed by atoms with Gasteiger partial charge in [-0.1, -0.05) is 0 Å². The lowest BCUT2D eigenvalue weighted by Gasteiger charge is -2.33. The zero-order chi connectivity index (χ0) is 22.3. The Bertz CT molecular complexity index is 777. The molecule has 0 spiro atoms. The Hall–Kier alpha value is -2.88. The molecule has 1 fully saturated rings. The SMILES string of the molecule is CC(C)(C)NC(=O)O[C@@H]1CCCN(C(=O)c2ccc(NCCCN)c([N+](=O)[O-])c2)C1. The Labute approximate surface area is 176 Å². The zero-order valence-electron chi connectivity index (χ0n) is 17.8. The molecule has 1 aromatic rings. The van der Waals surface area contributed by atoms with Crippen molar-refractivity contribution in [3.05, 3.63) is 33.9 Å². The average molecular weight is 421 g/mol. The molecule has 10 heteroatoms. The number of nitro groups is 1. The number of nitro benzene ring substituents is 1. The predicted molar refractivity (Wildman–Crippen MR) is 114 cm³/mol. The molecule has 4 N–H and O–H groups in total. The first-order valence-corrected chi connectivity index (χ1v) is 10.1. The molecule has 1 aliphatic heterocycles. The van der Waals surface area contributed by atoms with Crippen LogP contribution in [0.2, 0.25) is 0 Å². The number of hydrogen-bond acceptors (Lipinski definition) is 7. The van der Waals surface area contributed by atoms with Crippen molar-refractivity contribution in [1.29, 1.82) is 0 Å². The molecule has 166 valence electrons. The summed E-state index contributed by atoms with van der Waals surface area (Å²) in [7, 11) is 0. The van der Waals surface area contributed by atoms with Crippen molar-refractivity contribution in [2.24, 2.45) is 5.73 Å². The van der Waals surface area contributed by atoms with Gasteiger partial charge < -0.3 is 26.0 Å². The van der Waals surface area contributed by atoms with Gasteiger partial charge >= 0.3 is 6.09 Å². The molecule has 1 aliphatic rings. The fraction of sp³-hybridized carbons (Fsp3) is 0.600. The topological polar surface area (TPSA) is 140 Å². The molecule has 0 aliphatic carbocycles. The van der Waals surface area contributed by atoms with Gasteiger partial charge in [-0.25, -0.2) is 4.79 Å². The van der Waals surface area contributed by atoms with Crippen molar-refractivity contribution in [2.45, 2.75) is 51.7 Å². The third kappa shape index (κ3) is 6.87. The number of benzene rings is 1. The minimum atomic E-state index is -0.523. The van der Waals surface area contributed by atoms with Gasteiger partial charge in [-0.3, -0.25) is 14.9 Å². The van der Waals surface area contributed by atoms with Gasteiger partial charge in [0.2, 0.25) is 0 Å². The highest BCUT2D eigenvalue weighted by Gasteiger charge is 2.29. The van der Waals surface area contributed by atoms with Crippen molar-refractivity contribution in [2.75, 3.05) is 31.5 Å². The summed E-state index contributed by atoms with van der Waals surface area (Å²) >= 11 is 0. The monoisotopic (exact) mass is 421 g/mol. The van der Waals surface area contributed by atoms with E-state index in [1.54, 1.807) is 11.0 Å². The average Bonchev–Trinajstić information content (AvgIpc) is 2.66.